The zero-order chi connectivity index (χ0) is 30.8. The molecular weight excluding hydrogens is 587 g/mol. The summed E-state index contributed by atoms with van der Waals surface area (Å²) in [4.78, 5) is 18.9. The van der Waals surface area contributed by atoms with E-state index in [0.29, 0.717) is 0 Å². The number of aromatic nitrogens is 7. The van der Waals surface area contributed by atoms with Crippen LogP contribution in [-0.2, 0) is 14.1 Å². The molecule has 0 aliphatic rings. The molecule has 4 aromatic carbocycles. The summed E-state index contributed by atoms with van der Waals surface area (Å²) >= 11 is 1.72. The minimum Gasteiger partial charge on any atom is -0.334 e. The minimum atomic E-state index is 0.895. The fraction of sp³-hybridized carbons (Fsp3) is 0.0526. The summed E-state index contributed by atoms with van der Waals surface area (Å²) in [6.07, 6.45) is 9.47. The maximum atomic E-state index is 4.97. The number of thiazole rings is 1. The van der Waals surface area contributed by atoms with E-state index in [9.17, 15) is 0 Å². The molecule has 220 valence electrons. The van der Waals surface area contributed by atoms with Gasteiger partial charge in [-0.25, -0.2) is 15.0 Å². The molecule has 0 amide bonds. The average Bonchev–Trinajstić information content (AvgIpc) is 3.89. The van der Waals surface area contributed by atoms with Crippen LogP contribution in [0.4, 0.5) is 0 Å². The van der Waals surface area contributed by atoms with E-state index < -0.39 is 0 Å². The summed E-state index contributed by atoms with van der Waals surface area (Å²) in [7, 11) is 4.02. The molecule has 5 heterocycles. The van der Waals surface area contributed by atoms with Crippen LogP contribution in [0, 0.1) is 0 Å². The first kappa shape index (κ1) is 26.5. The summed E-state index contributed by atoms with van der Waals surface area (Å²) < 4.78 is 7.60. The second kappa shape index (κ2) is 10.4. The Kier molecular flexibility index (Phi) is 5.97. The highest BCUT2D eigenvalue weighted by molar-refractivity contribution is 7.21. The molecule has 9 rings (SSSR count). The van der Waals surface area contributed by atoms with Crippen molar-refractivity contribution in [2.24, 2.45) is 14.1 Å². The number of hydrogen-bond acceptors (Lipinski definition) is 5. The SMILES string of the molecule is Cn1ccnc1-c1ccc(-c2cccc(-n3c4ccc(-c5nccn5C)cc4c4ccc(-c5nc6ccccc6s5)cc43)c2)nc1. The summed E-state index contributed by atoms with van der Waals surface area (Å²) in [5, 5.41) is 3.37. The standard InChI is InChI=1S/C38H27N7S/c1-43-18-16-39-36(43)25-12-15-33-30(21-25)29-13-10-26(38-42-32-8-3-4-9-35(32)46-38)22-34(29)45(33)28-7-5-6-24(20-28)31-14-11-27(23-41-31)37-40-17-19-44(37)2/h3-23H,1-2H3. The molecule has 0 aliphatic heterocycles. The summed E-state index contributed by atoms with van der Waals surface area (Å²) in [6.45, 7) is 0. The van der Waals surface area contributed by atoms with Gasteiger partial charge in [-0.3, -0.25) is 4.98 Å². The van der Waals surface area contributed by atoms with Crippen molar-refractivity contribution in [2.45, 2.75) is 0 Å². The first-order valence-electron chi connectivity index (χ1n) is 15.1. The van der Waals surface area contributed by atoms with E-state index in [2.05, 4.69) is 110 Å². The van der Waals surface area contributed by atoms with Crippen LogP contribution in [0.2, 0.25) is 0 Å². The number of aryl methyl sites for hydroxylation is 2. The average molecular weight is 614 g/mol. The van der Waals surface area contributed by atoms with E-state index >= 15 is 0 Å². The van der Waals surface area contributed by atoms with Gasteiger partial charge in [0.1, 0.15) is 16.7 Å². The first-order chi connectivity index (χ1) is 22.6. The van der Waals surface area contributed by atoms with E-state index in [1.54, 1.807) is 17.5 Å². The highest BCUT2D eigenvalue weighted by atomic mass is 32.1. The lowest BCUT2D eigenvalue weighted by atomic mass is 10.1. The zero-order valence-electron chi connectivity index (χ0n) is 25.2. The Hall–Kier alpha value is -5.86. The van der Waals surface area contributed by atoms with Crippen LogP contribution in [0.15, 0.2) is 128 Å². The van der Waals surface area contributed by atoms with Crippen LogP contribution in [0.5, 0.6) is 0 Å². The Morgan fingerprint density at radius 2 is 1.37 bits per heavy atom. The van der Waals surface area contributed by atoms with Gasteiger partial charge in [-0.1, -0.05) is 36.4 Å². The topological polar surface area (TPSA) is 66.3 Å². The van der Waals surface area contributed by atoms with Crippen molar-refractivity contribution in [3.8, 4) is 50.3 Å². The smallest absolute Gasteiger partial charge is 0.141 e. The van der Waals surface area contributed by atoms with Gasteiger partial charge in [-0.15, -0.1) is 11.3 Å². The molecule has 0 radical (unpaired) electrons. The third-order valence-electron chi connectivity index (χ3n) is 8.63. The highest BCUT2D eigenvalue weighted by Gasteiger charge is 2.17. The Balaban J connectivity index is 1.22. The zero-order valence-corrected chi connectivity index (χ0v) is 26.0. The van der Waals surface area contributed by atoms with Crippen molar-refractivity contribution in [3.63, 3.8) is 0 Å². The van der Waals surface area contributed by atoms with Gasteiger partial charge >= 0.3 is 0 Å². The molecule has 0 fully saturated rings. The van der Waals surface area contributed by atoms with Crippen LogP contribution >= 0.6 is 11.3 Å². The van der Waals surface area contributed by atoms with Crippen molar-refractivity contribution in [2.75, 3.05) is 0 Å². The molecule has 0 spiro atoms. The largest absolute Gasteiger partial charge is 0.334 e. The predicted octanol–water partition coefficient (Wildman–Crippen LogP) is 8.92. The second-order valence-corrected chi connectivity index (χ2v) is 12.5. The second-order valence-electron chi connectivity index (χ2n) is 11.5. The number of pyridine rings is 1. The number of fused-ring (bicyclic) bond motifs is 4. The first-order valence-corrected chi connectivity index (χ1v) is 15.9. The van der Waals surface area contributed by atoms with E-state index in [1.807, 2.05) is 49.5 Å². The minimum absolute atomic E-state index is 0.895. The Morgan fingerprint density at radius 3 is 2.13 bits per heavy atom. The monoisotopic (exact) mass is 613 g/mol. The van der Waals surface area contributed by atoms with Gasteiger partial charge in [0.05, 0.1) is 26.9 Å². The Bertz CT molecular complexity index is 2530. The summed E-state index contributed by atoms with van der Waals surface area (Å²) in [6, 6.07) is 34.4. The van der Waals surface area contributed by atoms with Crippen molar-refractivity contribution in [1.82, 2.24) is 33.6 Å². The van der Waals surface area contributed by atoms with E-state index in [1.165, 1.54) is 15.5 Å². The maximum Gasteiger partial charge on any atom is 0.141 e. The third-order valence-corrected chi connectivity index (χ3v) is 9.71. The van der Waals surface area contributed by atoms with Gasteiger partial charge in [0.25, 0.3) is 0 Å². The van der Waals surface area contributed by atoms with Crippen LogP contribution in [-0.4, -0.2) is 33.6 Å². The van der Waals surface area contributed by atoms with Gasteiger partial charge < -0.3 is 13.7 Å². The highest BCUT2D eigenvalue weighted by Crippen LogP contribution is 2.39. The number of rotatable bonds is 5. The Morgan fingerprint density at radius 1 is 0.587 bits per heavy atom. The molecule has 0 aliphatic carbocycles. The normalized spacial score (nSPS) is 11.7. The number of para-hydroxylation sites is 1. The van der Waals surface area contributed by atoms with Gasteiger partial charge in [-0.2, -0.15) is 0 Å². The van der Waals surface area contributed by atoms with E-state index in [-0.39, 0.29) is 0 Å². The molecule has 0 N–H and O–H groups in total. The molecule has 0 saturated heterocycles. The number of hydrogen-bond donors (Lipinski definition) is 0. The van der Waals surface area contributed by atoms with Gasteiger partial charge in [-0.05, 0) is 60.7 Å². The number of nitrogens with zero attached hydrogens (tertiary/aromatic N) is 7. The fourth-order valence-electron chi connectivity index (χ4n) is 6.36. The fourth-order valence-corrected chi connectivity index (χ4v) is 7.32. The molecule has 5 aromatic heterocycles. The predicted molar refractivity (Wildman–Crippen MR) is 187 cm³/mol. The molecule has 7 nitrogen and oxygen atoms in total. The third kappa shape index (κ3) is 4.26. The number of benzene rings is 4. The van der Waals surface area contributed by atoms with Gasteiger partial charge in [0.2, 0.25) is 0 Å². The summed E-state index contributed by atoms with van der Waals surface area (Å²) in [5.74, 6) is 1.84. The van der Waals surface area contributed by atoms with Gasteiger partial charge in [0, 0.05) is 83.8 Å². The lowest BCUT2D eigenvalue weighted by molar-refractivity contribution is 0.923. The van der Waals surface area contributed by atoms with Crippen molar-refractivity contribution in [1.29, 1.82) is 0 Å². The molecule has 0 bridgehead atoms. The van der Waals surface area contributed by atoms with Crippen molar-refractivity contribution >= 4 is 43.4 Å². The lowest BCUT2D eigenvalue weighted by Crippen LogP contribution is -1.96. The molecule has 0 saturated carbocycles. The molecule has 46 heavy (non-hydrogen) atoms. The lowest BCUT2D eigenvalue weighted by Gasteiger charge is -2.11. The molecule has 0 atom stereocenters. The molecule has 0 unspecified atom stereocenters. The molecular formula is C38H27N7S. The van der Waals surface area contributed by atoms with Gasteiger partial charge in [0.15, 0.2) is 0 Å². The van der Waals surface area contributed by atoms with Crippen LogP contribution in [0.3, 0.4) is 0 Å². The maximum absolute atomic E-state index is 4.97. The van der Waals surface area contributed by atoms with Crippen LogP contribution < -0.4 is 0 Å². The van der Waals surface area contributed by atoms with E-state index in [4.69, 9.17) is 9.97 Å². The summed E-state index contributed by atoms with van der Waals surface area (Å²) in [5.41, 5.74) is 9.48. The number of imidazole rings is 2. The van der Waals surface area contributed by atoms with Crippen molar-refractivity contribution in [3.05, 3.63) is 128 Å². The molecule has 8 heteroatoms. The van der Waals surface area contributed by atoms with Crippen LogP contribution in [0.1, 0.15) is 0 Å². The van der Waals surface area contributed by atoms with Crippen LogP contribution in [0.25, 0.3) is 82.3 Å². The molecule has 9 aromatic rings. The quantitative estimate of drug-likeness (QED) is 0.194. The van der Waals surface area contributed by atoms with Crippen molar-refractivity contribution < 1.29 is 0 Å². The Labute approximate surface area is 268 Å². The van der Waals surface area contributed by atoms with E-state index in [0.717, 1.165) is 66.8 Å².